The van der Waals surface area contributed by atoms with Crippen molar-refractivity contribution in [2.24, 2.45) is 0 Å². The van der Waals surface area contributed by atoms with Gasteiger partial charge in [-0.2, -0.15) is 0 Å². The van der Waals surface area contributed by atoms with E-state index in [0.29, 0.717) is 0 Å². The number of allylic oxidation sites excluding steroid dienone is 1. The van der Waals surface area contributed by atoms with E-state index in [1.165, 1.54) is 49.0 Å². The highest BCUT2D eigenvalue weighted by Crippen LogP contribution is 2.24. The summed E-state index contributed by atoms with van der Waals surface area (Å²) in [7, 11) is 0. The van der Waals surface area contributed by atoms with Crippen molar-refractivity contribution >= 4 is 5.82 Å². The SMILES string of the molecule is C=CCc1c(CCCCCC)ccnc1N1CCNCC1. The molecule has 21 heavy (non-hydrogen) atoms. The van der Waals surface area contributed by atoms with Crippen LogP contribution >= 0.6 is 0 Å². The van der Waals surface area contributed by atoms with Gasteiger partial charge in [0.15, 0.2) is 0 Å². The van der Waals surface area contributed by atoms with Crippen molar-refractivity contribution in [1.29, 1.82) is 0 Å². The molecule has 0 aliphatic carbocycles. The van der Waals surface area contributed by atoms with Crippen LogP contribution in [0.4, 0.5) is 5.82 Å². The summed E-state index contributed by atoms with van der Waals surface area (Å²) in [6.07, 6.45) is 11.3. The van der Waals surface area contributed by atoms with Gasteiger partial charge in [-0.3, -0.25) is 0 Å². The summed E-state index contributed by atoms with van der Waals surface area (Å²) in [4.78, 5) is 7.10. The third-order valence-electron chi connectivity index (χ3n) is 4.19. The molecule has 1 aliphatic rings. The number of rotatable bonds is 8. The predicted octanol–water partition coefficient (Wildman–Crippen LogP) is 3.34. The van der Waals surface area contributed by atoms with Gasteiger partial charge in [-0.1, -0.05) is 32.3 Å². The molecule has 3 nitrogen and oxygen atoms in total. The van der Waals surface area contributed by atoms with Crippen LogP contribution in [-0.4, -0.2) is 31.2 Å². The number of pyridine rings is 1. The maximum absolute atomic E-state index is 4.68. The molecule has 0 aromatic carbocycles. The lowest BCUT2D eigenvalue weighted by molar-refractivity contribution is 0.583. The molecule has 0 saturated carbocycles. The van der Waals surface area contributed by atoms with Gasteiger partial charge in [-0.05, 0) is 30.9 Å². The number of hydrogen-bond acceptors (Lipinski definition) is 3. The maximum atomic E-state index is 4.68. The van der Waals surface area contributed by atoms with Crippen LogP contribution in [0, 0.1) is 0 Å². The van der Waals surface area contributed by atoms with Gasteiger partial charge < -0.3 is 10.2 Å². The van der Waals surface area contributed by atoms with Gasteiger partial charge >= 0.3 is 0 Å². The summed E-state index contributed by atoms with van der Waals surface area (Å²) < 4.78 is 0. The van der Waals surface area contributed by atoms with Crippen molar-refractivity contribution in [3.63, 3.8) is 0 Å². The standard InChI is InChI=1S/C18H29N3/c1-3-5-6-7-9-16-10-11-20-18(17(16)8-4-2)21-14-12-19-13-15-21/h4,10-11,19H,2-3,5-9,12-15H2,1H3. The lowest BCUT2D eigenvalue weighted by atomic mass is 9.99. The molecule has 116 valence electrons. The fourth-order valence-electron chi connectivity index (χ4n) is 3.01. The van der Waals surface area contributed by atoms with Crippen LogP contribution in [0.3, 0.4) is 0 Å². The number of aromatic nitrogens is 1. The second-order valence-corrected chi connectivity index (χ2v) is 5.81. The Bertz CT molecular complexity index is 436. The molecule has 2 rings (SSSR count). The summed E-state index contributed by atoms with van der Waals surface area (Å²) >= 11 is 0. The minimum Gasteiger partial charge on any atom is -0.354 e. The molecule has 1 N–H and O–H groups in total. The molecule has 3 heteroatoms. The normalized spacial score (nSPS) is 15.2. The Morgan fingerprint density at radius 3 is 2.81 bits per heavy atom. The number of nitrogens with zero attached hydrogens (tertiary/aromatic N) is 2. The van der Waals surface area contributed by atoms with Crippen LogP contribution in [0.25, 0.3) is 0 Å². The van der Waals surface area contributed by atoms with Crippen LogP contribution in [0.15, 0.2) is 24.9 Å². The Kier molecular flexibility index (Phi) is 6.74. The first-order valence-electron chi connectivity index (χ1n) is 8.40. The van der Waals surface area contributed by atoms with Gasteiger partial charge in [0.05, 0.1) is 0 Å². The van der Waals surface area contributed by atoms with E-state index in [9.17, 15) is 0 Å². The lowest BCUT2D eigenvalue weighted by Crippen LogP contribution is -2.44. The van der Waals surface area contributed by atoms with Crippen molar-refractivity contribution in [2.45, 2.75) is 45.4 Å². The highest BCUT2D eigenvalue weighted by Gasteiger charge is 2.17. The number of piperazine rings is 1. The molecule has 1 fully saturated rings. The Balaban J connectivity index is 2.13. The van der Waals surface area contributed by atoms with Crippen molar-refractivity contribution in [3.05, 3.63) is 36.0 Å². The zero-order valence-corrected chi connectivity index (χ0v) is 13.4. The number of nitrogens with one attached hydrogen (secondary N) is 1. The minimum atomic E-state index is 0.927. The molecule has 0 unspecified atom stereocenters. The Morgan fingerprint density at radius 2 is 2.10 bits per heavy atom. The zero-order valence-electron chi connectivity index (χ0n) is 13.4. The smallest absolute Gasteiger partial charge is 0.132 e. The van der Waals surface area contributed by atoms with E-state index in [0.717, 1.165) is 32.6 Å². The highest BCUT2D eigenvalue weighted by atomic mass is 15.2. The first-order valence-corrected chi connectivity index (χ1v) is 8.40. The van der Waals surface area contributed by atoms with Crippen LogP contribution in [0.1, 0.15) is 43.7 Å². The summed E-state index contributed by atoms with van der Waals surface area (Å²) in [6, 6.07) is 2.20. The number of unbranched alkanes of at least 4 members (excludes halogenated alkanes) is 3. The molecule has 0 spiro atoms. The molecule has 0 atom stereocenters. The summed E-state index contributed by atoms with van der Waals surface area (Å²) in [5.74, 6) is 1.18. The molecule has 1 aromatic heterocycles. The fourth-order valence-corrected chi connectivity index (χ4v) is 3.01. The average Bonchev–Trinajstić information content (AvgIpc) is 2.54. The van der Waals surface area contributed by atoms with Crippen molar-refractivity contribution in [3.8, 4) is 0 Å². The number of hydrogen-bond donors (Lipinski definition) is 1. The first-order chi connectivity index (χ1) is 10.4. The van der Waals surface area contributed by atoms with Gasteiger partial charge in [0.25, 0.3) is 0 Å². The molecular formula is C18H29N3. The predicted molar refractivity (Wildman–Crippen MR) is 91.1 cm³/mol. The van der Waals surface area contributed by atoms with Gasteiger partial charge in [-0.25, -0.2) is 4.98 Å². The third kappa shape index (κ3) is 4.57. The third-order valence-corrected chi connectivity index (χ3v) is 4.19. The molecule has 0 amide bonds. The van der Waals surface area contributed by atoms with E-state index in [4.69, 9.17) is 0 Å². The monoisotopic (exact) mass is 287 g/mol. The molecule has 1 aliphatic heterocycles. The number of anilines is 1. The number of aryl methyl sites for hydroxylation is 1. The molecular weight excluding hydrogens is 258 g/mol. The quantitative estimate of drug-likeness (QED) is 0.587. The Labute approximate surface area is 129 Å². The van der Waals surface area contributed by atoms with E-state index in [1.54, 1.807) is 0 Å². The second-order valence-electron chi connectivity index (χ2n) is 5.81. The van der Waals surface area contributed by atoms with Crippen molar-refractivity contribution in [2.75, 3.05) is 31.1 Å². The topological polar surface area (TPSA) is 28.2 Å². The van der Waals surface area contributed by atoms with E-state index in [1.807, 2.05) is 12.3 Å². The van der Waals surface area contributed by atoms with Crippen LogP contribution in [0.2, 0.25) is 0 Å². The van der Waals surface area contributed by atoms with E-state index in [2.05, 4.69) is 34.8 Å². The minimum absolute atomic E-state index is 0.927. The maximum Gasteiger partial charge on any atom is 0.132 e. The summed E-state index contributed by atoms with van der Waals surface area (Å²) in [6.45, 7) is 10.4. The summed E-state index contributed by atoms with van der Waals surface area (Å²) in [5, 5.41) is 3.41. The van der Waals surface area contributed by atoms with Crippen molar-refractivity contribution in [1.82, 2.24) is 10.3 Å². The van der Waals surface area contributed by atoms with Crippen molar-refractivity contribution < 1.29 is 0 Å². The highest BCUT2D eigenvalue weighted by molar-refractivity contribution is 5.52. The average molecular weight is 287 g/mol. The fraction of sp³-hybridized carbons (Fsp3) is 0.611. The zero-order chi connectivity index (χ0) is 14.9. The largest absolute Gasteiger partial charge is 0.354 e. The lowest BCUT2D eigenvalue weighted by Gasteiger charge is -2.30. The van der Waals surface area contributed by atoms with Crippen LogP contribution in [-0.2, 0) is 12.8 Å². The van der Waals surface area contributed by atoms with Gasteiger partial charge in [0.2, 0.25) is 0 Å². The molecule has 1 saturated heterocycles. The Morgan fingerprint density at radius 1 is 1.29 bits per heavy atom. The van der Waals surface area contributed by atoms with E-state index < -0.39 is 0 Å². The molecule has 0 radical (unpaired) electrons. The molecule has 1 aromatic rings. The van der Waals surface area contributed by atoms with Gasteiger partial charge in [0.1, 0.15) is 5.82 Å². The van der Waals surface area contributed by atoms with Gasteiger partial charge in [0, 0.05) is 37.9 Å². The van der Waals surface area contributed by atoms with Gasteiger partial charge in [-0.15, -0.1) is 6.58 Å². The Hall–Kier alpha value is -1.35. The van der Waals surface area contributed by atoms with E-state index in [-0.39, 0.29) is 0 Å². The molecule has 0 bridgehead atoms. The van der Waals surface area contributed by atoms with Crippen LogP contribution < -0.4 is 10.2 Å². The van der Waals surface area contributed by atoms with E-state index >= 15 is 0 Å². The molecule has 2 heterocycles. The second kappa shape index (κ2) is 8.83. The van der Waals surface area contributed by atoms with Crippen LogP contribution in [0.5, 0.6) is 0 Å². The first kappa shape index (κ1) is 16.0. The summed E-state index contributed by atoms with van der Waals surface area (Å²) in [5.41, 5.74) is 2.86.